The fourth-order valence-corrected chi connectivity index (χ4v) is 0.720. The highest BCUT2D eigenvalue weighted by Gasteiger charge is 1.74. The molecule has 12 heavy (non-hydrogen) atoms. The fourth-order valence-electron chi connectivity index (χ4n) is 0.415. The van der Waals surface area contributed by atoms with Crippen LogP contribution in [0.2, 0.25) is 0 Å². The van der Waals surface area contributed by atoms with E-state index in [2.05, 4.69) is 29.9 Å². The molecule has 0 aliphatic rings. The summed E-state index contributed by atoms with van der Waals surface area (Å²) in [6, 6.07) is 9.97. The second kappa shape index (κ2) is 13.7. The first-order valence-electron chi connectivity index (χ1n) is 3.74. The van der Waals surface area contributed by atoms with Crippen LogP contribution in [0.4, 0.5) is 0 Å². The van der Waals surface area contributed by atoms with E-state index in [1.165, 1.54) is 0 Å². The molecule has 1 nitrogen and oxygen atoms in total. The first-order chi connectivity index (χ1) is 5.81. The van der Waals surface area contributed by atoms with Gasteiger partial charge in [-0.3, -0.25) is 0 Å². The lowest BCUT2D eigenvalue weighted by Crippen LogP contribution is -1.55. The summed E-state index contributed by atoms with van der Waals surface area (Å²) in [6.07, 6.45) is 0. The molecule has 0 radical (unpaired) electrons. The molecule has 3 heteroatoms. The molecule has 0 spiro atoms. The van der Waals surface area contributed by atoms with E-state index in [1.807, 2.05) is 44.2 Å². The number of halogens is 1. The molecule has 0 aliphatic heterocycles. The van der Waals surface area contributed by atoms with E-state index in [-0.39, 0.29) is 0 Å². The van der Waals surface area contributed by atoms with Gasteiger partial charge in [0.05, 0.1) is 0 Å². The Balaban J connectivity index is 0. The van der Waals surface area contributed by atoms with E-state index in [4.69, 9.17) is 0 Å². The number of hydrogen-bond donors (Lipinski definition) is 0. The van der Waals surface area contributed by atoms with Crippen LogP contribution in [0.15, 0.2) is 34.8 Å². The van der Waals surface area contributed by atoms with Crippen LogP contribution in [-0.4, -0.2) is 7.11 Å². The summed E-state index contributed by atoms with van der Waals surface area (Å²) in [5.74, 6) is 0. The van der Waals surface area contributed by atoms with Crippen molar-refractivity contribution in [2.75, 3.05) is 7.11 Å². The average Bonchev–Trinajstić information content (AvgIpc) is 2.11. The first-order valence-corrected chi connectivity index (χ1v) is 5.01. The SMILES string of the molecule is Brc1ccccc1.CC.COP. The smallest absolute Gasteiger partial charge is 0.0391 e. The lowest BCUT2D eigenvalue weighted by molar-refractivity contribution is 0.488. The van der Waals surface area contributed by atoms with Gasteiger partial charge in [-0.2, -0.15) is 0 Å². The normalized spacial score (nSPS) is 7.08. The largest absolute Gasteiger partial charge is 0.369 e. The van der Waals surface area contributed by atoms with Crippen molar-refractivity contribution in [3.05, 3.63) is 34.8 Å². The molecule has 70 valence electrons. The van der Waals surface area contributed by atoms with Crippen LogP contribution in [0.3, 0.4) is 0 Å². The van der Waals surface area contributed by atoms with Crippen molar-refractivity contribution in [2.24, 2.45) is 0 Å². The van der Waals surface area contributed by atoms with Crippen LogP contribution in [0.5, 0.6) is 0 Å². The minimum absolute atomic E-state index is 1.13. The second-order valence-electron chi connectivity index (χ2n) is 1.53. The van der Waals surface area contributed by atoms with Crippen molar-refractivity contribution < 1.29 is 4.52 Å². The maximum Gasteiger partial charge on any atom is 0.0391 e. The maximum atomic E-state index is 4.17. The standard InChI is InChI=1S/C6H5Br.C2H6.CH5OP/c7-6-4-2-1-3-5-6;1-2;1-2-3/h1-5H;1-2H3;3H2,1H3. The van der Waals surface area contributed by atoms with Gasteiger partial charge in [-0.25, -0.2) is 0 Å². The molecule has 0 fully saturated rings. The Morgan fingerprint density at radius 3 is 1.67 bits per heavy atom. The Hall–Kier alpha value is 0.0900. The lowest BCUT2D eigenvalue weighted by atomic mass is 10.4. The predicted octanol–water partition coefficient (Wildman–Crippen LogP) is 3.90. The van der Waals surface area contributed by atoms with Crippen LogP contribution in [-0.2, 0) is 4.52 Å². The Bertz CT molecular complexity index is 156. The molecule has 0 saturated carbocycles. The van der Waals surface area contributed by atoms with E-state index >= 15 is 0 Å². The van der Waals surface area contributed by atoms with Crippen molar-refractivity contribution >= 4 is 25.4 Å². The Kier molecular flexibility index (Phi) is 16.6. The van der Waals surface area contributed by atoms with Crippen LogP contribution in [0.1, 0.15) is 13.8 Å². The van der Waals surface area contributed by atoms with Crippen molar-refractivity contribution in [3.63, 3.8) is 0 Å². The Labute approximate surface area is 85.9 Å². The summed E-state index contributed by atoms with van der Waals surface area (Å²) >= 11 is 3.31. The maximum absolute atomic E-state index is 4.17. The highest BCUT2D eigenvalue weighted by atomic mass is 79.9. The van der Waals surface area contributed by atoms with Crippen LogP contribution >= 0.6 is 25.4 Å². The molecular formula is C9H16BrOP. The fraction of sp³-hybridized carbons (Fsp3) is 0.333. The van der Waals surface area contributed by atoms with Gasteiger partial charge in [0, 0.05) is 11.6 Å². The van der Waals surface area contributed by atoms with E-state index in [0.29, 0.717) is 0 Å². The number of benzene rings is 1. The number of hydrogen-bond acceptors (Lipinski definition) is 1. The third kappa shape index (κ3) is 12.7. The molecule has 0 amide bonds. The lowest BCUT2D eigenvalue weighted by Gasteiger charge is -1.80. The number of rotatable bonds is 0. The molecule has 1 unspecified atom stereocenters. The summed E-state index contributed by atoms with van der Waals surface area (Å²) in [7, 11) is 3.67. The van der Waals surface area contributed by atoms with Gasteiger partial charge in [0.1, 0.15) is 0 Å². The van der Waals surface area contributed by atoms with Gasteiger partial charge in [-0.15, -0.1) is 0 Å². The van der Waals surface area contributed by atoms with Gasteiger partial charge in [-0.1, -0.05) is 48.0 Å². The third-order valence-corrected chi connectivity index (χ3v) is 1.26. The molecule has 1 aromatic rings. The van der Waals surface area contributed by atoms with Crippen molar-refractivity contribution in [1.29, 1.82) is 0 Å². The van der Waals surface area contributed by atoms with E-state index in [1.54, 1.807) is 7.11 Å². The summed E-state index contributed by atoms with van der Waals surface area (Å²) in [5.41, 5.74) is 0. The monoisotopic (exact) mass is 250 g/mol. The average molecular weight is 251 g/mol. The van der Waals surface area contributed by atoms with Gasteiger partial charge in [0.2, 0.25) is 0 Å². The minimum atomic E-state index is 1.13. The van der Waals surface area contributed by atoms with Crippen LogP contribution in [0.25, 0.3) is 0 Å². The molecule has 1 rings (SSSR count). The van der Waals surface area contributed by atoms with E-state index in [9.17, 15) is 0 Å². The highest BCUT2D eigenvalue weighted by molar-refractivity contribution is 9.10. The molecule has 0 bridgehead atoms. The molecule has 0 N–H and O–H groups in total. The minimum Gasteiger partial charge on any atom is -0.369 e. The summed E-state index contributed by atoms with van der Waals surface area (Å²) in [5, 5.41) is 0. The Morgan fingerprint density at radius 2 is 1.50 bits per heavy atom. The summed E-state index contributed by atoms with van der Waals surface area (Å²) < 4.78 is 5.30. The Morgan fingerprint density at radius 1 is 1.17 bits per heavy atom. The summed E-state index contributed by atoms with van der Waals surface area (Å²) in [6.45, 7) is 4.00. The van der Waals surface area contributed by atoms with Crippen molar-refractivity contribution in [2.45, 2.75) is 13.8 Å². The zero-order chi connectivity index (χ0) is 9.82. The third-order valence-electron chi connectivity index (χ3n) is 0.733. The highest BCUT2D eigenvalue weighted by Crippen LogP contribution is 2.05. The molecule has 0 aliphatic carbocycles. The van der Waals surface area contributed by atoms with Gasteiger partial charge >= 0.3 is 0 Å². The van der Waals surface area contributed by atoms with Crippen molar-refractivity contribution in [1.82, 2.24) is 0 Å². The molecular weight excluding hydrogens is 235 g/mol. The molecule has 0 saturated heterocycles. The van der Waals surface area contributed by atoms with Gasteiger partial charge in [0.15, 0.2) is 0 Å². The quantitative estimate of drug-likeness (QED) is 0.635. The van der Waals surface area contributed by atoms with Crippen LogP contribution in [0, 0.1) is 0 Å². The van der Waals surface area contributed by atoms with Gasteiger partial charge in [-0.05, 0) is 21.6 Å². The molecule has 0 heterocycles. The zero-order valence-electron chi connectivity index (χ0n) is 7.75. The first kappa shape index (κ1) is 14.6. The molecule has 1 aromatic carbocycles. The van der Waals surface area contributed by atoms with Gasteiger partial charge in [0.25, 0.3) is 0 Å². The van der Waals surface area contributed by atoms with Crippen molar-refractivity contribution in [3.8, 4) is 0 Å². The van der Waals surface area contributed by atoms with Gasteiger partial charge < -0.3 is 4.52 Å². The van der Waals surface area contributed by atoms with E-state index in [0.717, 1.165) is 4.47 Å². The van der Waals surface area contributed by atoms with E-state index < -0.39 is 0 Å². The predicted molar refractivity (Wildman–Crippen MR) is 62.2 cm³/mol. The second-order valence-corrected chi connectivity index (χ2v) is 2.92. The molecule has 1 atom stereocenters. The topological polar surface area (TPSA) is 9.23 Å². The summed E-state index contributed by atoms with van der Waals surface area (Å²) in [4.78, 5) is 0. The van der Waals surface area contributed by atoms with Crippen LogP contribution < -0.4 is 0 Å². The molecule has 0 aromatic heterocycles. The zero-order valence-corrected chi connectivity index (χ0v) is 10.5.